The Kier molecular flexibility index (Phi) is 16.6. The molecule has 1 aromatic carbocycles. The van der Waals surface area contributed by atoms with E-state index in [9.17, 15) is 19.8 Å². The number of hydrogen-bond donors (Lipinski definition) is 2. The molecule has 7 heteroatoms. The van der Waals surface area contributed by atoms with Crippen molar-refractivity contribution in [2.24, 2.45) is 11.8 Å². The number of hydrogen-bond acceptors (Lipinski definition) is 7. The van der Waals surface area contributed by atoms with Gasteiger partial charge in [0.2, 0.25) is 0 Å². The molecule has 0 aliphatic heterocycles. The van der Waals surface area contributed by atoms with Gasteiger partial charge in [0.05, 0.1) is 25.4 Å². The van der Waals surface area contributed by atoms with Crippen molar-refractivity contribution in [2.75, 3.05) is 25.2 Å². The van der Waals surface area contributed by atoms with Gasteiger partial charge in [0, 0.05) is 38.2 Å². The Labute approximate surface area is 233 Å². The maximum Gasteiger partial charge on any atom is 0.305 e. The fraction of sp³-hybridized carbons (Fsp3) is 0.677. The topological polar surface area (TPSA) is 93.1 Å². The summed E-state index contributed by atoms with van der Waals surface area (Å²) in [7, 11) is 1.65. The van der Waals surface area contributed by atoms with Gasteiger partial charge in [0.15, 0.2) is 0 Å². The molecule has 0 amide bonds. The van der Waals surface area contributed by atoms with Crippen LogP contribution in [0.4, 0.5) is 0 Å². The summed E-state index contributed by atoms with van der Waals surface area (Å²) < 4.78 is 10.5. The van der Waals surface area contributed by atoms with Gasteiger partial charge in [-0.25, -0.2) is 0 Å². The highest BCUT2D eigenvalue weighted by atomic mass is 32.2. The molecule has 1 fully saturated rings. The van der Waals surface area contributed by atoms with Crippen molar-refractivity contribution in [3.05, 3.63) is 47.5 Å². The van der Waals surface area contributed by atoms with E-state index in [2.05, 4.69) is 6.92 Å². The molecule has 0 saturated heterocycles. The number of methoxy groups -OCH3 is 1. The number of aliphatic hydroxyl groups excluding tert-OH is 2. The summed E-state index contributed by atoms with van der Waals surface area (Å²) >= 11 is 1.73. The highest BCUT2D eigenvalue weighted by Crippen LogP contribution is 2.34. The van der Waals surface area contributed by atoms with Crippen molar-refractivity contribution in [2.45, 2.75) is 96.4 Å². The Morgan fingerprint density at radius 2 is 1.89 bits per heavy atom. The summed E-state index contributed by atoms with van der Waals surface area (Å²) in [4.78, 5) is 24.4. The molecule has 1 saturated carbocycles. The summed E-state index contributed by atoms with van der Waals surface area (Å²) in [6.45, 7) is 3.25. The Balaban J connectivity index is 1.64. The molecule has 0 spiro atoms. The van der Waals surface area contributed by atoms with E-state index in [-0.39, 0.29) is 30.0 Å². The molecule has 0 heterocycles. The number of esters is 1. The van der Waals surface area contributed by atoms with Crippen LogP contribution >= 0.6 is 11.8 Å². The predicted molar refractivity (Wildman–Crippen MR) is 154 cm³/mol. The first-order valence-electron chi connectivity index (χ1n) is 14.3. The molecular weight excluding hydrogens is 500 g/mol. The van der Waals surface area contributed by atoms with Crippen molar-refractivity contribution in [3.63, 3.8) is 0 Å². The van der Waals surface area contributed by atoms with Crippen molar-refractivity contribution in [3.8, 4) is 0 Å². The van der Waals surface area contributed by atoms with E-state index in [1.807, 2.05) is 30.3 Å². The summed E-state index contributed by atoms with van der Waals surface area (Å²) in [6, 6.07) is 7.93. The van der Waals surface area contributed by atoms with E-state index in [0.717, 1.165) is 41.9 Å². The van der Waals surface area contributed by atoms with Gasteiger partial charge in [-0.3, -0.25) is 9.59 Å². The number of rotatable bonds is 20. The third-order valence-electron chi connectivity index (χ3n) is 7.04. The van der Waals surface area contributed by atoms with E-state index in [4.69, 9.17) is 9.47 Å². The number of carbonyl (C=O) groups excluding carboxylic acids is 2. The van der Waals surface area contributed by atoms with Gasteiger partial charge in [-0.1, -0.05) is 75.4 Å². The van der Waals surface area contributed by atoms with Crippen LogP contribution in [0.1, 0.15) is 82.3 Å². The van der Waals surface area contributed by atoms with E-state index in [1.54, 1.807) is 24.9 Å². The van der Waals surface area contributed by atoms with Crippen molar-refractivity contribution in [1.29, 1.82) is 0 Å². The molecule has 1 aliphatic carbocycles. The van der Waals surface area contributed by atoms with Crippen LogP contribution in [0, 0.1) is 11.8 Å². The molecule has 6 nitrogen and oxygen atoms in total. The molecule has 4 atom stereocenters. The van der Waals surface area contributed by atoms with E-state index in [1.165, 1.54) is 25.7 Å². The second-order valence-electron chi connectivity index (χ2n) is 10.3. The monoisotopic (exact) mass is 548 g/mol. The first-order valence-corrected chi connectivity index (χ1v) is 15.5. The minimum absolute atomic E-state index is 0.0905. The molecule has 2 rings (SSSR count). The fourth-order valence-corrected chi connectivity index (χ4v) is 5.92. The molecule has 1 aromatic rings. The number of ketones is 1. The zero-order valence-corrected chi connectivity index (χ0v) is 24.1. The first kappa shape index (κ1) is 32.5. The third-order valence-corrected chi connectivity index (χ3v) is 8.14. The molecule has 0 aromatic heterocycles. The van der Waals surface area contributed by atoms with Crippen molar-refractivity contribution >= 4 is 23.5 Å². The second-order valence-corrected chi connectivity index (χ2v) is 11.5. The maximum atomic E-state index is 12.5. The lowest BCUT2D eigenvalue weighted by atomic mass is 9.91. The molecular formula is C31H48O6S. The lowest BCUT2D eigenvalue weighted by Crippen LogP contribution is -2.20. The minimum atomic E-state index is -0.701. The number of ether oxygens (including phenoxy) is 2. The minimum Gasteiger partial charge on any atom is -0.466 e. The van der Waals surface area contributed by atoms with Crippen LogP contribution in [0.2, 0.25) is 0 Å². The summed E-state index contributed by atoms with van der Waals surface area (Å²) in [5, 5.41) is 21.0. The Morgan fingerprint density at radius 1 is 1.13 bits per heavy atom. The molecule has 2 N–H and O–H groups in total. The van der Waals surface area contributed by atoms with E-state index in [0.29, 0.717) is 32.5 Å². The Morgan fingerprint density at radius 3 is 2.68 bits per heavy atom. The van der Waals surface area contributed by atoms with Gasteiger partial charge in [0.25, 0.3) is 0 Å². The lowest BCUT2D eigenvalue weighted by molar-refractivity contribution is -0.143. The zero-order chi connectivity index (χ0) is 27.6. The Hall–Kier alpha value is -1.67. The van der Waals surface area contributed by atoms with Crippen LogP contribution in [0.25, 0.3) is 0 Å². The summed E-state index contributed by atoms with van der Waals surface area (Å²) in [5.41, 5.74) is 2.07. The van der Waals surface area contributed by atoms with Gasteiger partial charge in [0.1, 0.15) is 5.78 Å². The van der Waals surface area contributed by atoms with Gasteiger partial charge in [-0.2, -0.15) is 11.8 Å². The average Bonchev–Trinajstić information content (AvgIpc) is 3.16. The number of Topliss-reactive ketones (excluding diaryl/α,β-unsaturated/α-hetero) is 1. The quantitative estimate of drug-likeness (QED) is 0.123. The third kappa shape index (κ3) is 12.9. The number of benzene rings is 1. The van der Waals surface area contributed by atoms with Crippen LogP contribution < -0.4 is 0 Å². The molecule has 0 unspecified atom stereocenters. The van der Waals surface area contributed by atoms with Crippen LogP contribution in [0.5, 0.6) is 0 Å². The lowest BCUT2D eigenvalue weighted by Gasteiger charge is -2.18. The van der Waals surface area contributed by atoms with Gasteiger partial charge in [-0.15, -0.1) is 0 Å². The maximum absolute atomic E-state index is 12.5. The summed E-state index contributed by atoms with van der Waals surface area (Å²) in [5.74, 6) is 1.12. The molecule has 0 bridgehead atoms. The van der Waals surface area contributed by atoms with Crippen LogP contribution in [-0.2, 0) is 32.1 Å². The van der Waals surface area contributed by atoms with E-state index < -0.39 is 12.2 Å². The van der Waals surface area contributed by atoms with Crippen molar-refractivity contribution < 1.29 is 29.3 Å². The SMILES string of the molecule is CCCCCCCCOC(=O)CCCSCC[C@H]1C(=O)C[C@@H](O)[C@H]1/C=C/[C@@H](O)Cc1cccc(COC)c1. The zero-order valence-electron chi connectivity index (χ0n) is 23.3. The van der Waals surface area contributed by atoms with Crippen LogP contribution in [0.3, 0.4) is 0 Å². The average molecular weight is 549 g/mol. The number of thioether (sulfide) groups is 1. The molecule has 214 valence electrons. The first-order chi connectivity index (χ1) is 18.4. The summed E-state index contributed by atoms with van der Waals surface area (Å²) in [6.07, 6.45) is 11.7. The predicted octanol–water partition coefficient (Wildman–Crippen LogP) is 5.67. The highest BCUT2D eigenvalue weighted by Gasteiger charge is 2.39. The van der Waals surface area contributed by atoms with Crippen LogP contribution in [-0.4, -0.2) is 59.4 Å². The standard InChI is InChI=1S/C31H48O6S/c1-3-4-5-6-7-8-17-37-31(35)13-10-18-38-19-16-28-27(29(33)22-30(28)34)15-14-26(32)21-24-11-9-12-25(20-24)23-36-2/h9,11-12,14-15,20,26-29,32-33H,3-8,10,13,16-19,21-23H2,1-2H3/b15-14+/t26-,27+,28-,29-/m1/s1. The highest BCUT2D eigenvalue weighted by molar-refractivity contribution is 7.99. The van der Waals surface area contributed by atoms with Crippen LogP contribution in [0.15, 0.2) is 36.4 Å². The smallest absolute Gasteiger partial charge is 0.305 e. The van der Waals surface area contributed by atoms with E-state index >= 15 is 0 Å². The fourth-order valence-electron chi connectivity index (χ4n) is 4.94. The number of unbranched alkanes of at least 4 members (excludes halogenated alkanes) is 5. The van der Waals surface area contributed by atoms with Crippen molar-refractivity contribution in [1.82, 2.24) is 0 Å². The second kappa shape index (κ2) is 19.4. The van der Waals surface area contributed by atoms with Gasteiger partial charge >= 0.3 is 5.97 Å². The Bertz CT molecular complexity index is 841. The molecule has 38 heavy (non-hydrogen) atoms. The molecule has 0 radical (unpaired) electrons. The molecule has 1 aliphatic rings. The number of carbonyl (C=O) groups is 2. The van der Waals surface area contributed by atoms with Gasteiger partial charge in [-0.05, 0) is 41.9 Å². The van der Waals surface area contributed by atoms with Gasteiger partial charge < -0.3 is 19.7 Å². The largest absolute Gasteiger partial charge is 0.466 e. The normalized spacial score (nSPS) is 20.3. The number of aliphatic hydroxyl groups is 2.